The molecule has 3 heterocycles. The van der Waals surface area contributed by atoms with E-state index in [-0.39, 0.29) is 43.3 Å². The van der Waals surface area contributed by atoms with Crippen molar-refractivity contribution in [2.45, 2.75) is 48.2 Å². The van der Waals surface area contributed by atoms with Crippen LogP contribution in [0.2, 0.25) is 0 Å². The SMILES string of the molecule is CCN(C)C(=O)C([SH]1C[C@H](O)[C@H](n2cc(-c3cc(F)c(F)c(F)c3)nn2)[C@@H](O)[C@H]1COC(C)=O)C1(O)CN(C(=O)OC)C1. The molecule has 2 aromatic rings. The van der Waals surface area contributed by atoms with Crippen LogP contribution in [-0.2, 0) is 19.1 Å². The Morgan fingerprint density at radius 1 is 1.21 bits per heavy atom. The molecule has 17 heteroatoms. The smallest absolute Gasteiger partial charge is 0.409 e. The molecule has 0 bridgehead atoms. The molecule has 0 saturated carbocycles. The number of carbonyl (C=O) groups is 3. The highest BCUT2D eigenvalue weighted by molar-refractivity contribution is 8.18. The summed E-state index contributed by atoms with van der Waals surface area (Å²) in [6, 6.07) is 0.235. The number of esters is 1. The zero-order chi connectivity index (χ0) is 31.8. The van der Waals surface area contributed by atoms with Crippen molar-refractivity contribution >= 4 is 28.9 Å². The van der Waals surface area contributed by atoms with Crippen molar-refractivity contribution in [3.05, 3.63) is 35.8 Å². The van der Waals surface area contributed by atoms with Gasteiger partial charge in [-0.3, -0.25) is 9.59 Å². The van der Waals surface area contributed by atoms with Gasteiger partial charge in [-0.2, -0.15) is 0 Å². The Hall–Kier alpha value is -3.41. The fourth-order valence-corrected chi connectivity index (χ4v) is 9.10. The van der Waals surface area contributed by atoms with Crippen LogP contribution >= 0.6 is 10.9 Å². The molecule has 2 unspecified atom stereocenters. The first-order chi connectivity index (χ1) is 20.2. The predicted octanol–water partition coefficient (Wildman–Crippen LogP) is 0.232. The van der Waals surface area contributed by atoms with Gasteiger partial charge in [0.15, 0.2) is 17.5 Å². The van der Waals surface area contributed by atoms with Gasteiger partial charge in [-0.15, -0.1) is 5.10 Å². The average Bonchev–Trinajstić information content (AvgIpc) is 3.42. The lowest BCUT2D eigenvalue weighted by Crippen LogP contribution is -2.72. The van der Waals surface area contributed by atoms with Gasteiger partial charge in [0.1, 0.15) is 23.9 Å². The molecule has 2 saturated heterocycles. The Balaban J connectivity index is 1.70. The number of hydrogen-bond acceptors (Lipinski definition) is 10. The molecule has 1 aromatic heterocycles. The molecule has 0 aliphatic carbocycles. The lowest BCUT2D eigenvalue weighted by Gasteiger charge is -2.56. The predicted molar refractivity (Wildman–Crippen MR) is 147 cm³/mol. The normalized spacial score (nSPS) is 26.3. The van der Waals surface area contributed by atoms with Crippen LogP contribution in [0.4, 0.5) is 18.0 Å². The molecule has 2 aliphatic rings. The van der Waals surface area contributed by atoms with Crippen LogP contribution in [0.25, 0.3) is 11.3 Å². The number of carbonyl (C=O) groups excluding carboxylic acids is 3. The summed E-state index contributed by atoms with van der Waals surface area (Å²) in [7, 11) is 0.874. The third kappa shape index (κ3) is 6.30. The summed E-state index contributed by atoms with van der Waals surface area (Å²) in [5.74, 6) is -5.80. The number of aliphatic hydroxyl groups is 3. The Labute approximate surface area is 247 Å². The summed E-state index contributed by atoms with van der Waals surface area (Å²) in [5.41, 5.74) is -1.94. The molecule has 3 N–H and O–H groups in total. The van der Waals surface area contributed by atoms with Crippen molar-refractivity contribution in [2.24, 2.45) is 0 Å². The van der Waals surface area contributed by atoms with E-state index in [1.807, 2.05) is 0 Å². The molecule has 2 aliphatic heterocycles. The van der Waals surface area contributed by atoms with E-state index < -0.39 is 80.7 Å². The molecule has 13 nitrogen and oxygen atoms in total. The highest BCUT2D eigenvalue weighted by Crippen LogP contribution is 2.52. The molecule has 2 fully saturated rings. The number of benzene rings is 1. The van der Waals surface area contributed by atoms with Gasteiger partial charge in [-0.1, -0.05) is 5.21 Å². The molecule has 2 amide bonds. The number of rotatable bonds is 8. The summed E-state index contributed by atoms with van der Waals surface area (Å²) in [6.45, 7) is 2.34. The van der Waals surface area contributed by atoms with Crippen molar-refractivity contribution in [3.63, 3.8) is 0 Å². The average molecular weight is 634 g/mol. The van der Waals surface area contributed by atoms with Crippen molar-refractivity contribution in [1.29, 1.82) is 0 Å². The maximum atomic E-state index is 13.8. The Morgan fingerprint density at radius 2 is 1.84 bits per heavy atom. The highest BCUT2D eigenvalue weighted by Gasteiger charge is 2.59. The summed E-state index contributed by atoms with van der Waals surface area (Å²) in [5, 5.41) is 40.2. The minimum Gasteiger partial charge on any atom is -0.465 e. The van der Waals surface area contributed by atoms with Crippen LogP contribution in [0, 0.1) is 17.5 Å². The second kappa shape index (κ2) is 12.7. The molecule has 238 valence electrons. The summed E-state index contributed by atoms with van der Waals surface area (Å²) < 4.78 is 52.2. The van der Waals surface area contributed by atoms with E-state index in [1.54, 1.807) is 6.92 Å². The number of nitrogens with zero attached hydrogens (tertiary/aromatic N) is 5. The van der Waals surface area contributed by atoms with Crippen LogP contribution in [0.1, 0.15) is 19.9 Å². The zero-order valence-electron chi connectivity index (χ0n) is 23.9. The number of thiol groups is 1. The van der Waals surface area contributed by atoms with Crippen LogP contribution in [0.15, 0.2) is 18.3 Å². The summed E-state index contributed by atoms with van der Waals surface area (Å²) >= 11 is 0. The van der Waals surface area contributed by atoms with E-state index in [4.69, 9.17) is 9.47 Å². The number of likely N-dealkylation sites (tertiary alicyclic amines) is 1. The number of aromatic nitrogens is 3. The lowest BCUT2D eigenvalue weighted by atomic mass is 9.89. The number of halogens is 3. The third-order valence-electron chi connectivity index (χ3n) is 7.80. The van der Waals surface area contributed by atoms with E-state index in [9.17, 15) is 42.9 Å². The Kier molecular flexibility index (Phi) is 9.58. The second-order valence-corrected chi connectivity index (χ2v) is 13.2. The largest absolute Gasteiger partial charge is 0.465 e. The van der Waals surface area contributed by atoms with Gasteiger partial charge >= 0.3 is 12.1 Å². The van der Waals surface area contributed by atoms with E-state index in [0.29, 0.717) is 0 Å². The van der Waals surface area contributed by atoms with E-state index in [2.05, 4.69) is 10.3 Å². The topological polar surface area (TPSA) is 168 Å². The Bertz CT molecular complexity index is 1350. The second-order valence-electron chi connectivity index (χ2n) is 10.6. The van der Waals surface area contributed by atoms with Crippen molar-refractivity contribution in [2.75, 3.05) is 46.2 Å². The monoisotopic (exact) mass is 633 g/mol. The molecule has 0 radical (unpaired) electrons. The number of ether oxygens (including phenoxy) is 2. The van der Waals surface area contributed by atoms with E-state index in [1.165, 1.54) is 30.2 Å². The number of hydrogen-bond donors (Lipinski definition) is 4. The molecule has 1 aromatic carbocycles. The number of amides is 2. The van der Waals surface area contributed by atoms with Gasteiger partial charge < -0.3 is 34.6 Å². The van der Waals surface area contributed by atoms with Crippen molar-refractivity contribution in [3.8, 4) is 11.3 Å². The van der Waals surface area contributed by atoms with Crippen LogP contribution in [0.5, 0.6) is 0 Å². The van der Waals surface area contributed by atoms with E-state index in [0.717, 1.165) is 23.7 Å². The number of methoxy groups -OCH3 is 1. The fourth-order valence-electron chi connectivity index (χ4n) is 5.49. The van der Waals surface area contributed by atoms with Crippen molar-refractivity contribution in [1.82, 2.24) is 24.8 Å². The van der Waals surface area contributed by atoms with Gasteiger partial charge in [-0.05, 0) is 19.1 Å². The van der Waals surface area contributed by atoms with E-state index >= 15 is 0 Å². The Morgan fingerprint density at radius 3 is 2.40 bits per heavy atom. The minimum absolute atomic E-state index is 0.0779. The van der Waals surface area contributed by atoms with Gasteiger partial charge in [-0.25, -0.2) is 33.5 Å². The molecular weight excluding hydrogens is 599 g/mol. The first-order valence-corrected chi connectivity index (χ1v) is 15.0. The number of β-amino-alcohol motifs (C(OH)–C–C–N with tert-alkyl or cyclic N) is 1. The molecule has 4 rings (SSSR count). The lowest BCUT2D eigenvalue weighted by molar-refractivity contribution is -0.142. The zero-order valence-corrected chi connectivity index (χ0v) is 24.7. The molecule has 43 heavy (non-hydrogen) atoms. The van der Waals surface area contributed by atoms with Crippen LogP contribution in [0.3, 0.4) is 0 Å². The van der Waals surface area contributed by atoms with Crippen molar-refractivity contribution < 1.29 is 52.3 Å². The summed E-state index contributed by atoms with van der Waals surface area (Å²) in [4.78, 5) is 40.1. The first-order valence-electron chi connectivity index (χ1n) is 13.3. The third-order valence-corrected chi connectivity index (χ3v) is 11.3. The van der Waals surface area contributed by atoms with Crippen LogP contribution in [-0.4, -0.2) is 133 Å². The molecule has 0 spiro atoms. The standard InChI is InChI=1S/C26H34F3N5O8S/c1-5-32(3)24(38)23(26(40)11-33(12-26)25(39)41-4)43-10-18(36)21(22(37)19(43)9-42-13(2)35)34-8-17(30-31-34)14-6-15(27)20(29)16(28)7-14/h6-8,18-19,21-23,36-37,40,43H,5,9-12H2,1-4H3/t18-,19+,21-,22-,23?/m0/s1. The molecular formula is C26H34F3N5O8S. The minimum atomic E-state index is -1.84. The van der Waals surface area contributed by atoms with Gasteiger partial charge in [0.25, 0.3) is 0 Å². The fraction of sp³-hybridized carbons (Fsp3) is 0.577. The number of aliphatic hydroxyl groups excluding tert-OH is 2. The summed E-state index contributed by atoms with van der Waals surface area (Å²) in [6.07, 6.45) is -2.36. The maximum absolute atomic E-state index is 13.8. The maximum Gasteiger partial charge on any atom is 0.409 e. The molecule has 6 atom stereocenters. The van der Waals surface area contributed by atoms with Crippen LogP contribution < -0.4 is 0 Å². The quantitative estimate of drug-likeness (QED) is 0.180. The first kappa shape index (κ1) is 32.5. The van der Waals surface area contributed by atoms with Gasteiger partial charge in [0.2, 0.25) is 5.91 Å². The van der Waals surface area contributed by atoms with Gasteiger partial charge in [0.05, 0.1) is 49.1 Å². The highest BCUT2D eigenvalue weighted by atomic mass is 32.2. The van der Waals surface area contributed by atoms with Gasteiger partial charge in [0, 0.05) is 31.8 Å².